The molecule has 6 heteroatoms. The van der Waals surface area contributed by atoms with Crippen LogP contribution in [0.2, 0.25) is 0 Å². The number of hydrogen-bond acceptors (Lipinski definition) is 5. The van der Waals surface area contributed by atoms with Gasteiger partial charge in [-0.25, -0.2) is 0 Å². The number of benzene rings is 2. The minimum absolute atomic E-state index is 0.0389. The molecule has 0 spiro atoms. The third-order valence-electron chi connectivity index (χ3n) is 5.24. The topological polar surface area (TPSA) is 50.8 Å². The van der Waals surface area contributed by atoms with Gasteiger partial charge >= 0.3 is 0 Å². The van der Waals surface area contributed by atoms with Crippen molar-refractivity contribution in [3.05, 3.63) is 53.1 Å². The first-order valence-electron chi connectivity index (χ1n) is 10.5. The van der Waals surface area contributed by atoms with Crippen molar-refractivity contribution < 1.29 is 14.3 Å². The summed E-state index contributed by atoms with van der Waals surface area (Å²) in [6.07, 6.45) is 2.07. The SMILES string of the molecule is CCOc1cc(C(CSC)N2Cc3cccc(NCC(C)C)c3C2=O)ccc1OC. The molecule has 30 heavy (non-hydrogen) atoms. The zero-order valence-electron chi connectivity index (χ0n) is 18.5. The molecule has 0 saturated heterocycles. The van der Waals surface area contributed by atoms with E-state index in [1.807, 2.05) is 42.2 Å². The molecule has 0 aromatic heterocycles. The fourth-order valence-corrected chi connectivity index (χ4v) is 4.48. The van der Waals surface area contributed by atoms with E-state index in [-0.39, 0.29) is 11.9 Å². The monoisotopic (exact) mass is 428 g/mol. The van der Waals surface area contributed by atoms with Gasteiger partial charge in [-0.05, 0) is 48.4 Å². The molecular weight excluding hydrogens is 396 g/mol. The lowest BCUT2D eigenvalue weighted by atomic mass is 10.1. The van der Waals surface area contributed by atoms with E-state index >= 15 is 0 Å². The standard InChI is InChI=1S/C24H32N2O3S/c1-6-29-22-12-17(10-11-21(22)28-4)20(15-30-5)26-14-18-8-7-9-19(23(18)24(26)27)25-13-16(2)3/h7-12,16,20,25H,6,13-15H2,1-5H3. The van der Waals surface area contributed by atoms with Crippen molar-refractivity contribution in [1.82, 2.24) is 4.90 Å². The number of carbonyl (C=O) groups excluding carboxylic acids is 1. The Labute approximate surface area is 184 Å². The maximum Gasteiger partial charge on any atom is 0.257 e. The van der Waals surface area contributed by atoms with E-state index in [0.29, 0.717) is 30.6 Å². The van der Waals surface area contributed by atoms with Crippen LogP contribution in [0.3, 0.4) is 0 Å². The van der Waals surface area contributed by atoms with Gasteiger partial charge in [0, 0.05) is 24.5 Å². The Bertz CT molecular complexity index is 885. The van der Waals surface area contributed by atoms with Gasteiger partial charge in [0.05, 0.1) is 25.3 Å². The number of hydrogen-bond donors (Lipinski definition) is 1. The average Bonchev–Trinajstić information content (AvgIpc) is 3.07. The number of thioether (sulfide) groups is 1. The first-order chi connectivity index (χ1) is 14.5. The molecular formula is C24H32N2O3S. The number of fused-ring (bicyclic) bond motifs is 1. The molecule has 1 N–H and O–H groups in total. The molecule has 0 aliphatic carbocycles. The molecule has 3 rings (SSSR count). The van der Waals surface area contributed by atoms with Crippen LogP contribution in [0.25, 0.3) is 0 Å². The summed E-state index contributed by atoms with van der Waals surface area (Å²) in [4.78, 5) is 15.5. The van der Waals surface area contributed by atoms with Crippen molar-refractivity contribution >= 4 is 23.4 Å². The van der Waals surface area contributed by atoms with Crippen LogP contribution in [0.5, 0.6) is 11.5 Å². The Morgan fingerprint density at radius 2 is 2.00 bits per heavy atom. The Morgan fingerprint density at radius 1 is 1.20 bits per heavy atom. The minimum atomic E-state index is -0.0389. The van der Waals surface area contributed by atoms with Gasteiger partial charge in [-0.2, -0.15) is 11.8 Å². The van der Waals surface area contributed by atoms with E-state index in [2.05, 4.69) is 31.5 Å². The molecule has 0 bridgehead atoms. The van der Waals surface area contributed by atoms with Gasteiger partial charge in [0.2, 0.25) is 0 Å². The van der Waals surface area contributed by atoms with Gasteiger partial charge in [0.25, 0.3) is 5.91 Å². The lowest BCUT2D eigenvalue weighted by Crippen LogP contribution is -2.31. The van der Waals surface area contributed by atoms with Gasteiger partial charge in [-0.1, -0.05) is 32.0 Å². The summed E-state index contributed by atoms with van der Waals surface area (Å²) in [6, 6.07) is 12.0. The van der Waals surface area contributed by atoms with Crippen LogP contribution in [-0.2, 0) is 6.54 Å². The van der Waals surface area contributed by atoms with Crippen molar-refractivity contribution in [2.75, 3.05) is 37.6 Å². The van der Waals surface area contributed by atoms with Gasteiger partial charge in [0.1, 0.15) is 0 Å². The first-order valence-corrected chi connectivity index (χ1v) is 11.9. The number of ether oxygens (including phenoxy) is 2. The van der Waals surface area contributed by atoms with Crippen LogP contribution in [-0.4, -0.2) is 43.1 Å². The highest BCUT2D eigenvalue weighted by Gasteiger charge is 2.35. The van der Waals surface area contributed by atoms with Crippen molar-refractivity contribution in [2.45, 2.75) is 33.4 Å². The van der Waals surface area contributed by atoms with E-state index in [9.17, 15) is 4.79 Å². The molecule has 0 saturated carbocycles. The summed E-state index contributed by atoms with van der Waals surface area (Å²) >= 11 is 1.74. The van der Waals surface area contributed by atoms with Crippen molar-refractivity contribution in [2.24, 2.45) is 5.92 Å². The van der Waals surface area contributed by atoms with Crippen LogP contribution in [0.15, 0.2) is 36.4 Å². The predicted octanol–water partition coefficient (Wildman–Crippen LogP) is 5.22. The highest BCUT2D eigenvalue weighted by molar-refractivity contribution is 7.98. The molecule has 162 valence electrons. The third-order valence-corrected chi connectivity index (χ3v) is 5.89. The number of nitrogens with zero attached hydrogens (tertiary/aromatic N) is 1. The lowest BCUT2D eigenvalue weighted by Gasteiger charge is -2.28. The summed E-state index contributed by atoms with van der Waals surface area (Å²) in [6.45, 7) is 8.31. The van der Waals surface area contributed by atoms with E-state index in [4.69, 9.17) is 9.47 Å². The molecule has 2 aromatic carbocycles. The highest BCUT2D eigenvalue weighted by Crippen LogP contribution is 2.39. The Kier molecular flexibility index (Phi) is 7.53. The summed E-state index contributed by atoms with van der Waals surface area (Å²) in [5, 5.41) is 3.46. The molecule has 1 unspecified atom stereocenters. The maximum atomic E-state index is 13.5. The molecule has 0 fully saturated rings. The van der Waals surface area contributed by atoms with Crippen molar-refractivity contribution in [3.8, 4) is 11.5 Å². The molecule has 0 radical (unpaired) electrons. The lowest BCUT2D eigenvalue weighted by molar-refractivity contribution is 0.0720. The number of carbonyl (C=O) groups is 1. The van der Waals surface area contributed by atoms with E-state index in [1.165, 1.54) is 0 Å². The van der Waals surface area contributed by atoms with Crippen LogP contribution in [0.4, 0.5) is 5.69 Å². The summed E-state index contributed by atoms with van der Waals surface area (Å²) in [7, 11) is 1.64. The number of nitrogens with one attached hydrogen (secondary N) is 1. The van der Waals surface area contributed by atoms with Gasteiger partial charge < -0.3 is 19.7 Å². The van der Waals surface area contributed by atoms with E-state index < -0.39 is 0 Å². The molecule has 1 heterocycles. The van der Waals surface area contributed by atoms with Gasteiger partial charge in [-0.15, -0.1) is 0 Å². The molecule has 5 nitrogen and oxygen atoms in total. The second-order valence-corrected chi connectivity index (χ2v) is 8.77. The van der Waals surface area contributed by atoms with Gasteiger partial charge in [0.15, 0.2) is 11.5 Å². The molecule has 1 amide bonds. The number of rotatable bonds is 10. The molecule has 1 atom stereocenters. The van der Waals surface area contributed by atoms with Crippen LogP contribution < -0.4 is 14.8 Å². The Balaban J connectivity index is 1.93. The number of amides is 1. The van der Waals surface area contributed by atoms with E-state index in [0.717, 1.165) is 34.7 Å². The normalized spacial score (nSPS) is 14.1. The van der Waals surface area contributed by atoms with Gasteiger partial charge in [-0.3, -0.25) is 4.79 Å². The molecule has 1 aliphatic heterocycles. The Hall–Kier alpha value is -2.34. The van der Waals surface area contributed by atoms with Crippen molar-refractivity contribution in [1.29, 1.82) is 0 Å². The summed E-state index contributed by atoms with van der Waals surface area (Å²) in [5.41, 5.74) is 3.88. The zero-order valence-corrected chi connectivity index (χ0v) is 19.3. The third kappa shape index (κ3) is 4.69. The second kappa shape index (κ2) is 10.1. The van der Waals surface area contributed by atoms with E-state index in [1.54, 1.807) is 18.9 Å². The zero-order chi connectivity index (χ0) is 21.7. The summed E-state index contributed by atoms with van der Waals surface area (Å²) in [5.74, 6) is 2.83. The predicted molar refractivity (Wildman–Crippen MR) is 125 cm³/mol. The first kappa shape index (κ1) is 22.3. The fraction of sp³-hybridized carbons (Fsp3) is 0.458. The fourth-order valence-electron chi connectivity index (χ4n) is 3.79. The van der Waals surface area contributed by atoms with Crippen molar-refractivity contribution in [3.63, 3.8) is 0 Å². The highest BCUT2D eigenvalue weighted by atomic mass is 32.2. The minimum Gasteiger partial charge on any atom is -0.493 e. The number of anilines is 1. The molecule has 2 aromatic rings. The number of methoxy groups -OCH3 is 1. The maximum absolute atomic E-state index is 13.5. The van der Waals surface area contributed by atoms with Crippen LogP contribution in [0, 0.1) is 5.92 Å². The van der Waals surface area contributed by atoms with Crippen LogP contribution in [0.1, 0.15) is 48.3 Å². The quantitative estimate of drug-likeness (QED) is 0.562. The largest absolute Gasteiger partial charge is 0.493 e. The Morgan fingerprint density at radius 3 is 2.67 bits per heavy atom. The summed E-state index contributed by atoms with van der Waals surface area (Å²) < 4.78 is 11.2. The molecule has 1 aliphatic rings. The smallest absolute Gasteiger partial charge is 0.257 e. The van der Waals surface area contributed by atoms with Crippen LogP contribution >= 0.6 is 11.8 Å². The average molecular weight is 429 g/mol. The second-order valence-electron chi connectivity index (χ2n) is 7.86.